The lowest BCUT2D eigenvalue weighted by Crippen LogP contribution is -2.11. The van der Waals surface area contributed by atoms with Gasteiger partial charge in [-0.1, -0.05) is 24.3 Å². The van der Waals surface area contributed by atoms with Crippen molar-refractivity contribution < 1.29 is 17.9 Å². The molecule has 2 aromatic carbocycles. The number of nitrogens with zero attached hydrogens (tertiary/aromatic N) is 1. The molecule has 6 heteroatoms. The molecule has 2 heterocycles. The van der Waals surface area contributed by atoms with Crippen molar-refractivity contribution in [1.82, 2.24) is 3.97 Å². The number of hydrogen-bond acceptors (Lipinski definition) is 4. The predicted octanol–water partition coefficient (Wildman–Crippen LogP) is 2.66. The van der Waals surface area contributed by atoms with Crippen LogP contribution < -0.4 is 4.74 Å². The third kappa shape index (κ3) is 2.60. The summed E-state index contributed by atoms with van der Waals surface area (Å²) in [5.74, 6) is 0.667. The third-order valence-corrected chi connectivity index (χ3v) is 5.49. The minimum atomic E-state index is -3.62. The highest BCUT2D eigenvalue weighted by Crippen LogP contribution is 2.29. The molecule has 0 radical (unpaired) electrons. The Kier molecular flexibility index (Phi) is 3.36. The topological polar surface area (TPSA) is 60.8 Å². The number of ether oxygens (including phenoxy) is 2. The molecule has 3 aromatic rings. The van der Waals surface area contributed by atoms with Crippen molar-refractivity contribution in [3.63, 3.8) is 0 Å². The van der Waals surface area contributed by atoms with Crippen LogP contribution in [0.2, 0.25) is 0 Å². The van der Waals surface area contributed by atoms with Crippen LogP contribution in [0.1, 0.15) is 0 Å². The third-order valence-electron chi connectivity index (χ3n) is 3.78. The van der Waals surface area contributed by atoms with Gasteiger partial charge in [0.05, 0.1) is 17.0 Å². The highest BCUT2D eigenvalue weighted by atomic mass is 32.2. The van der Waals surface area contributed by atoms with E-state index in [2.05, 4.69) is 0 Å². The predicted molar refractivity (Wildman–Crippen MR) is 86.2 cm³/mol. The summed E-state index contributed by atoms with van der Waals surface area (Å²) in [6.45, 7) is 1.20. The van der Waals surface area contributed by atoms with Gasteiger partial charge < -0.3 is 9.47 Å². The SMILES string of the molecule is O=S(=O)(c1ccccc1)n1ccc2c(OCC3CO3)cccc21. The number of fused-ring (bicyclic) bond motifs is 1. The monoisotopic (exact) mass is 329 g/mol. The summed E-state index contributed by atoms with van der Waals surface area (Å²) in [7, 11) is -3.62. The van der Waals surface area contributed by atoms with Crippen molar-refractivity contribution >= 4 is 20.9 Å². The molecule has 0 N–H and O–H groups in total. The molecular weight excluding hydrogens is 314 g/mol. The van der Waals surface area contributed by atoms with E-state index in [9.17, 15) is 8.42 Å². The molecular formula is C17H15NO4S. The van der Waals surface area contributed by atoms with Crippen molar-refractivity contribution in [3.8, 4) is 5.75 Å². The molecule has 0 spiro atoms. The van der Waals surface area contributed by atoms with Crippen LogP contribution in [0.15, 0.2) is 65.7 Å². The smallest absolute Gasteiger partial charge is 0.268 e. The molecule has 4 rings (SSSR count). The maximum absolute atomic E-state index is 12.8. The van der Waals surface area contributed by atoms with E-state index in [0.717, 1.165) is 12.0 Å². The van der Waals surface area contributed by atoms with Gasteiger partial charge in [-0.15, -0.1) is 0 Å². The molecule has 0 bridgehead atoms. The van der Waals surface area contributed by atoms with Gasteiger partial charge in [0.25, 0.3) is 10.0 Å². The molecule has 1 unspecified atom stereocenters. The van der Waals surface area contributed by atoms with Gasteiger partial charge in [0.1, 0.15) is 18.5 Å². The number of aromatic nitrogens is 1. The first-order valence-corrected chi connectivity index (χ1v) is 8.75. The minimum absolute atomic E-state index is 0.153. The molecule has 5 nitrogen and oxygen atoms in total. The zero-order valence-electron chi connectivity index (χ0n) is 12.3. The Bertz CT molecular complexity index is 943. The van der Waals surface area contributed by atoms with E-state index in [1.54, 1.807) is 54.7 Å². The number of benzene rings is 2. The van der Waals surface area contributed by atoms with Gasteiger partial charge >= 0.3 is 0 Å². The zero-order chi connectivity index (χ0) is 15.9. The fourth-order valence-electron chi connectivity index (χ4n) is 2.50. The van der Waals surface area contributed by atoms with Gasteiger partial charge in [0.15, 0.2) is 0 Å². The summed E-state index contributed by atoms with van der Waals surface area (Å²) < 4.78 is 37.8. The second-order valence-corrected chi connectivity index (χ2v) is 7.20. The van der Waals surface area contributed by atoms with Gasteiger partial charge in [-0.25, -0.2) is 12.4 Å². The number of hydrogen-bond donors (Lipinski definition) is 0. The van der Waals surface area contributed by atoms with Crippen LogP contribution in [-0.2, 0) is 14.8 Å². The molecule has 0 amide bonds. The maximum atomic E-state index is 12.8. The number of rotatable bonds is 5. The Hall–Kier alpha value is -2.31. The lowest BCUT2D eigenvalue weighted by molar-refractivity contribution is 0.265. The van der Waals surface area contributed by atoms with Gasteiger partial charge in [0, 0.05) is 11.6 Å². The molecule has 118 valence electrons. The Balaban J connectivity index is 1.78. The van der Waals surface area contributed by atoms with E-state index in [-0.39, 0.29) is 11.0 Å². The fourth-order valence-corrected chi connectivity index (χ4v) is 3.87. The Morgan fingerprint density at radius 1 is 1.09 bits per heavy atom. The first-order valence-electron chi connectivity index (χ1n) is 7.31. The summed E-state index contributed by atoms with van der Waals surface area (Å²) in [5.41, 5.74) is 0.600. The second-order valence-electron chi connectivity index (χ2n) is 5.38. The standard InChI is InChI=1S/C17H15NO4S/c19-23(20,14-5-2-1-3-6-14)18-10-9-15-16(18)7-4-8-17(15)22-12-13-11-21-13/h1-10,13H,11-12H2. The Morgan fingerprint density at radius 2 is 1.87 bits per heavy atom. The maximum Gasteiger partial charge on any atom is 0.268 e. The summed E-state index contributed by atoms with van der Waals surface area (Å²) in [5, 5.41) is 0.771. The summed E-state index contributed by atoms with van der Waals surface area (Å²) in [6.07, 6.45) is 1.72. The lowest BCUT2D eigenvalue weighted by atomic mass is 10.2. The molecule has 0 aliphatic carbocycles. The summed E-state index contributed by atoms with van der Waals surface area (Å²) in [6, 6.07) is 15.6. The van der Waals surface area contributed by atoms with E-state index in [1.807, 2.05) is 6.07 Å². The van der Waals surface area contributed by atoms with E-state index in [4.69, 9.17) is 9.47 Å². The molecule has 1 atom stereocenters. The van der Waals surface area contributed by atoms with Crippen molar-refractivity contribution in [2.24, 2.45) is 0 Å². The van der Waals surface area contributed by atoms with E-state index in [0.29, 0.717) is 17.9 Å². The molecule has 0 saturated carbocycles. The van der Waals surface area contributed by atoms with Crippen LogP contribution in [0.25, 0.3) is 10.9 Å². The molecule has 1 saturated heterocycles. The molecule has 1 aliphatic heterocycles. The average Bonchev–Trinajstić information content (AvgIpc) is 3.29. The second kappa shape index (κ2) is 5.40. The highest BCUT2D eigenvalue weighted by molar-refractivity contribution is 7.90. The minimum Gasteiger partial charge on any atom is -0.490 e. The van der Waals surface area contributed by atoms with Gasteiger partial charge in [-0.3, -0.25) is 0 Å². The molecule has 1 fully saturated rings. The first-order chi connectivity index (χ1) is 11.2. The van der Waals surface area contributed by atoms with Crippen LogP contribution >= 0.6 is 0 Å². The van der Waals surface area contributed by atoms with Gasteiger partial charge in [0.2, 0.25) is 0 Å². The van der Waals surface area contributed by atoms with Crippen LogP contribution in [0, 0.1) is 0 Å². The Labute approximate surface area is 134 Å². The number of epoxide rings is 1. The lowest BCUT2D eigenvalue weighted by Gasteiger charge is -2.09. The van der Waals surface area contributed by atoms with Crippen molar-refractivity contribution in [2.45, 2.75) is 11.0 Å². The van der Waals surface area contributed by atoms with Gasteiger partial charge in [-0.2, -0.15) is 0 Å². The zero-order valence-corrected chi connectivity index (χ0v) is 13.1. The normalized spacial score (nSPS) is 17.3. The van der Waals surface area contributed by atoms with Crippen molar-refractivity contribution in [1.29, 1.82) is 0 Å². The highest BCUT2D eigenvalue weighted by Gasteiger charge is 2.24. The summed E-state index contributed by atoms with van der Waals surface area (Å²) in [4.78, 5) is 0.259. The van der Waals surface area contributed by atoms with Crippen molar-refractivity contribution in [3.05, 3.63) is 60.8 Å². The summed E-state index contributed by atoms with van der Waals surface area (Å²) >= 11 is 0. The van der Waals surface area contributed by atoms with Crippen molar-refractivity contribution in [2.75, 3.05) is 13.2 Å². The van der Waals surface area contributed by atoms with E-state index < -0.39 is 10.0 Å². The fraction of sp³-hybridized carbons (Fsp3) is 0.176. The van der Waals surface area contributed by atoms with E-state index >= 15 is 0 Å². The largest absolute Gasteiger partial charge is 0.490 e. The van der Waals surface area contributed by atoms with Crippen LogP contribution in [0.3, 0.4) is 0 Å². The van der Waals surface area contributed by atoms with Crippen LogP contribution in [-0.4, -0.2) is 31.7 Å². The molecule has 23 heavy (non-hydrogen) atoms. The molecule has 1 aliphatic rings. The molecule has 1 aromatic heterocycles. The van der Waals surface area contributed by atoms with Gasteiger partial charge in [-0.05, 0) is 30.3 Å². The Morgan fingerprint density at radius 3 is 2.61 bits per heavy atom. The van der Waals surface area contributed by atoms with E-state index in [1.165, 1.54) is 3.97 Å². The first kappa shape index (κ1) is 14.3. The quantitative estimate of drug-likeness (QED) is 0.675. The van der Waals surface area contributed by atoms with Crippen LogP contribution in [0.4, 0.5) is 0 Å². The van der Waals surface area contributed by atoms with Crippen LogP contribution in [0.5, 0.6) is 5.75 Å². The average molecular weight is 329 g/mol.